The maximum atomic E-state index is 12.9. The zero-order chi connectivity index (χ0) is 17.4. The highest BCUT2D eigenvalue weighted by molar-refractivity contribution is 5.95. The molecule has 1 amide bonds. The average molecular weight is 329 g/mol. The van der Waals surface area contributed by atoms with Crippen LogP contribution >= 0.6 is 0 Å². The van der Waals surface area contributed by atoms with Gasteiger partial charge in [0.2, 0.25) is 5.91 Å². The van der Waals surface area contributed by atoms with Crippen molar-refractivity contribution in [3.8, 4) is 0 Å². The summed E-state index contributed by atoms with van der Waals surface area (Å²) in [7, 11) is 0. The van der Waals surface area contributed by atoms with E-state index >= 15 is 0 Å². The minimum Gasteiger partial charge on any atom is -0.462 e. The Morgan fingerprint density at radius 3 is 2.58 bits per heavy atom. The van der Waals surface area contributed by atoms with Gasteiger partial charge in [-0.3, -0.25) is 4.79 Å². The third-order valence-corrected chi connectivity index (χ3v) is 3.39. The number of hydrogen-bond donors (Lipinski definition) is 1. The van der Waals surface area contributed by atoms with Crippen LogP contribution in [0.25, 0.3) is 0 Å². The highest BCUT2D eigenvalue weighted by Crippen LogP contribution is 2.13. The molecule has 0 saturated heterocycles. The molecule has 1 N–H and O–H groups in total. The molecule has 0 aliphatic rings. The summed E-state index contributed by atoms with van der Waals surface area (Å²) in [6.45, 7) is 2.40. The van der Waals surface area contributed by atoms with Crippen molar-refractivity contribution in [1.82, 2.24) is 0 Å². The minimum atomic E-state index is -0.405. The van der Waals surface area contributed by atoms with E-state index in [0.717, 1.165) is 12.8 Å². The standard InChI is InChI=1S/C19H20FNO3/c1-2-3-11-24-19(23)15-5-4-6-17(13-15)21-18(22)12-14-7-9-16(20)10-8-14/h4-10,13H,2-3,11-12H2,1H3,(H,21,22). The number of benzene rings is 2. The number of rotatable bonds is 7. The molecule has 2 aromatic rings. The molecular weight excluding hydrogens is 309 g/mol. The van der Waals surface area contributed by atoms with E-state index in [1.165, 1.54) is 12.1 Å². The summed E-state index contributed by atoms with van der Waals surface area (Å²) >= 11 is 0. The second-order valence-electron chi connectivity index (χ2n) is 5.42. The highest BCUT2D eigenvalue weighted by Gasteiger charge is 2.09. The van der Waals surface area contributed by atoms with Crippen LogP contribution in [0, 0.1) is 5.82 Å². The molecule has 0 radical (unpaired) electrons. The van der Waals surface area contributed by atoms with Crippen LogP contribution in [0.1, 0.15) is 35.7 Å². The van der Waals surface area contributed by atoms with Crippen molar-refractivity contribution in [2.75, 3.05) is 11.9 Å². The molecule has 4 nitrogen and oxygen atoms in total. The maximum Gasteiger partial charge on any atom is 0.338 e. The van der Waals surface area contributed by atoms with Crippen molar-refractivity contribution in [3.63, 3.8) is 0 Å². The Labute approximate surface area is 140 Å². The van der Waals surface area contributed by atoms with Gasteiger partial charge in [-0.25, -0.2) is 9.18 Å². The van der Waals surface area contributed by atoms with Crippen molar-refractivity contribution in [3.05, 3.63) is 65.5 Å². The van der Waals surface area contributed by atoms with Gasteiger partial charge in [0.15, 0.2) is 0 Å². The molecule has 0 saturated carbocycles. The molecule has 2 rings (SSSR count). The summed E-state index contributed by atoms with van der Waals surface area (Å²) < 4.78 is 18.0. The smallest absolute Gasteiger partial charge is 0.338 e. The normalized spacial score (nSPS) is 10.2. The van der Waals surface area contributed by atoms with E-state index in [1.54, 1.807) is 36.4 Å². The fourth-order valence-electron chi connectivity index (χ4n) is 2.11. The number of unbranched alkanes of at least 4 members (excludes halogenated alkanes) is 1. The lowest BCUT2D eigenvalue weighted by Crippen LogP contribution is -2.15. The van der Waals surface area contributed by atoms with Crippen LogP contribution in [0.4, 0.5) is 10.1 Å². The van der Waals surface area contributed by atoms with Gasteiger partial charge in [0.1, 0.15) is 5.82 Å². The zero-order valence-electron chi connectivity index (χ0n) is 13.5. The summed E-state index contributed by atoms with van der Waals surface area (Å²) in [5, 5.41) is 2.73. The number of carbonyl (C=O) groups is 2. The number of halogens is 1. The first-order valence-electron chi connectivity index (χ1n) is 7.90. The number of anilines is 1. The topological polar surface area (TPSA) is 55.4 Å². The Bertz CT molecular complexity index is 698. The Morgan fingerprint density at radius 2 is 1.88 bits per heavy atom. The van der Waals surface area contributed by atoms with E-state index in [1.807, 2.05) is 6.92 Å². The monoisotopic (exact) mass is 329 g/mol. The van der Waals surface area contributed by atoms with Crippen molar-refractivity contribution in [2.24, 2.45) is 0 Å². The van der Waals surface area contributed by atoms with Crippen LogP contribution in [-0.4, -0.2) is 18.5 Å². The van der Waals surface area contributed by atoms with Crippen molar-refractivity contribution >= 4 is 17.6 Å². The van der Waals surface area contributed by atoms with Gasteiger partial charge in [-0.15, -0.1) is 0 Å². The molecule has 0 heterocycles. The molecule has 0 aliphatic carbocycles. The molecule has 24 heavy (non-hydrogen) atoms. The Hall–Kier alpha value is -2.69. The summed E-state index contributed by atoms with van der Waals surface area (Å²) in [5.41, 5.74) is 1.63. The molecule has 126 valence electrons. The molecule has 0 fully saturated rings. The van der Waals surface area contributed by atoms with Crippen molar-refractivity contribution in [2.45, 2.75) is 26.2 Å². The van der Waals surface area contributed by atoms with Gasteiger partial charge in [-0.1, -0.05) is 31.5 Å². The first-order chi connectivity index (χ1) is 11.6. The number of esters is 1. The number of ether oxygens (including phenoxy) is 1. The van der Waals surface area contributed by atoms with Crippen LogP contribution in [0.2, 0.25) is 0 Å². The molecule has 2 aromatic carbocycles. The minimum absolute atomic E-state index is 0.130. The number of hydrogen-bond acceptors (Lipinski definition) is 3. The van der Waals surface area contributed by atoms with Gasteiger partial charge in [-0.05, 0) is 42.3 Å². The SMILES string of the molecule is CCCCOC(=O)c1cccc(NC(=O)Cc2ccc(F)cc2)c1. The fourth-order valence-corrected chi connectivity index (χ4v) is 2.11. The van der Waals surface area contributed by atoms with Crippen LogP contribution in [-0.2, 0) is 16.0 Å². The quantitative estimate of drug-likeness (QED) is 0.618. The fraction of sp³-hybridized carbons (Fsp3) is 0.263. The first-order valence-corrected chi connectivity index (χ1v) is 7.90. The second kappa shape index (κ2) is 8.82. The maximum absolute atomic E-state index is 12.9. The van der Waals surface area contributed by atoms with Crippen molar-refractivity contribution in [1.29, 1.82) is 0 Å². The molecule has 0 aromatic heterocycles. The molecule has 0 spiro atoms. The summed E-state index contributed by atoms with van der Waals surface area (Å²) in [4.78, 5) is 23.9. The summed E-state index contributed by atoms with van der Waals surface area (Å²) in [6.07, 6.45) is 1.90. The molecule has 0 unspecified atom stereocenters. The van der Waals surface area contributed by atoms with Crippen LogP contribution in [0.5, 0.6) is 0 Å². The van der Waals surface area contributed by atoms with E-state index in [0.29, 0.717) is 23.4 Å². The van der Waals surface area contributed by atoms with Gasteiger partial charge in [0, 0.05) is 5.69 Å². The second-order valence-corrected chi connectivity index (χ2v) is 5.42. The van der Waals surface area contributed by atoms with E-state index in [9.17, 15) is 14.0 Å². The van der Waals surface area contributed by atoms with Crippen LogP contribution in [0.3, 0.4) is 0 Å². The molecule has 0 bridgehead atoms. The molecule has 0 aliphatic heterocycles. The number of carbonyl (C=O) groups excluding carboxylic acids is 2. The lowest BCUT2D eigenvalue weighted by atomic mass is 10.1. The average Bonchev–Trinajstić information content (AvgIpc) is 2.57. The predicted molar refractivity (Wildman–Crippen MR) is 90.4 cm³/mol. The van der Waals surface area contributed by atoms with Crippen LogP contribution < -0.4 is 5.32 Å². The highest BCUT2D eigenvalue weighted by atomic mass is 19.1. The number of amides is 1. The molecular formula is C19H20FNO3. The molecule has 5 heteroatoms. The summed E-state index contributed by atoms with van der Waals surface area (Å²) in [5.74, 6) is -0.982. The van der Waals surface area contributed by atoms with E-state index in [4.69, 9.17) is 4.74 Å². The third-order valence-electron chi connectivity index (χ3n) is 3.39. The van der Waals surface area contributed by atoms with Gasteiger partial charge < -0.3 is 10.1 Å². The lowest BCUT2D eigenvalue weighted by molar-refractivity contribution is -0.115. The first kappa shape index (κ1) is 17.7. The Kier molecular flexibility index (Phi) is 6.49. The summed E-state index contributed by atoms with van der Waals surface area (Å²) in [6, 6.07) is 12.4. The van der Waals surface area contributed by atoms with E-state index in [-0.39, 0.29) is 18.1 Å². The van der Waals surface area contributed by atoms with Crippen LogP contribution in [0.15, 0.2) is 48.5 Å². The third kappa shape index (κ3) is 5.50. The molecule has 0 atom stereocenters. The van der Waals surface area contributed by atoms with Gasteiger partial charge in [-0.2, -0.15) is 0 Å². The van der Waals surface area contributed by atoms with Gasteiger partial charge in [0.25, 0.3) is 0 Å². The Morgan fingerprint density at radius 1 is 1.12 bits per heavy atom. The van der Waals surface area contributed by atoms with Gasteiger partial charge in [0.05, 0.1) is 18.6 Å². The van der Waals surface area contributed by atoms with Gasteiger partial charge >= 0.3 is 5.97 Å². The zero-order valence-corrected chi connectivity index (χ0v) is 13.5. The number of nitrogens with one attached hydrogen (secondary N) is 1. The van der Waals surface area contributed by atoms with E-state index in [2.05, 4.69) is 5.32 Å². The van der Waals surface area contributed by atoms with Crippen molar-refractivity contribution < 1.29 is 18.7 Å². The predicted octanol–water partition coefficient (Wildman–Crippen LogP) is 3.96. The Balaban J connectivity index is 1.94. The van der Waals surface area contributed by atoms with E-state index < -0.39 is 5.97 Å². The lowest BCUT2D eigenvalue weighted by Gasteiger charge is -2.08. The largest absolute Gasteiger partial charge is 0.462 e.